The van der Waals surface area contributed by atoms with E-state index < -0.39 is 0 Å². The zero-order chi connectivity index (χ0) is 14.7. The number of hydrogen-bond donors (Lipinski definition) is 2. The molecule has 1 aromatic carbocycles. The molecule has 4 nitrogen and oxygen atoms in total. The standard InChI is InChI=1S/C17H22N2O2/c20-12-14-6-4-5-13-9-10-19(17(13)14)11-16(21)18-15-7-2-1-3-8-15/h4-6,9-10,15,20H,1-3,7-8,11-12H2,(H,18,21). The second kappa shape index (κ2) is 6.31. The molecule has 1 aliphatic rings. The van der Waals surface area contributed by atoms with Crippen LogP contribution in [0.2, 0.25) is 0 Å². The lowest BCUT2D eigenvalue weighted by Crippen LogP contribution is -2.38. The fourth-order valence-corrected chi connectivity index (χ4v) is 3.28. The molecule has 2 aromatic rings. The minimum Gasteiger partial charge on any atom is -0.392 e. The van der Waals surface area contributed by atoms with Crippen molar-refractivity contribution < 1.29 is 9.90 Å². The van der Waals surface area contributed by atoms with Gasteiger partial charge in [0, 0.05) is 17.8 Å². The van der Waals surface area contributed by atoms with Gasteiger partial charge in [-0.25, -0.2) is 0 Å². The Balaban J connectivity index is 1.73. The number of nitrogens with one attached hydrogen (secondary N) is 1. The first-order chi connectivity index (χ1) is 10.3. The van der Waals surface area contributed by atoms with E-state index in [0.717, 1.165) is 29.3 Å². The minimum atomic E-state index is -0.00834. The van der Waals surface area contributed by atoms with Crippen LogP contribution in [0.1, 0.15) is 37.7 Å². The number of para-hydroxylation sites is 1. The van der Waals surface area contributed by atoms with E-state index in [1.807, 2.05) is 35.0 Å². The molecule has 1 heterocycles. The Morgan fingerprint density at radius 1 is 1.24 bits per heavy atom. The van der Waals surface area contributed by atoms with Crippen molar-refractivity contribution >= 4 is 16.8 Å². The zero-order valence-electron chi connectivity index (χ0n) is 12.2. The Bertz CT molecular complexity index is 627. The first-order valence-electron chi connectivity index (χ1n) is 7.75. The molecule has 1 saturated carbocycles. The summed E-state index contributed by atoms with van der Waals surface area (Å²) < 4.78 is 1.93. The van der Waals surface area contributed by atoms with E-state index in [-0.39, 0.29) is 12.5 Å². The molecule has 112 valence electrons. The Hall–Kier alpha value is -1.81. The molecule has 1 aliphatic carbocycles. The summed E-state index contributed by atoms with van der Waals surface area (Å²) in [6, 6.07) is 8.16. The largest absolute Gasteiger partial charge is 0.392 e. The summed E-state index contributed by atoms with van der Waals surface area (Å²) in [6.45, 7) is 0.308. The molecule has 0 atom stereocenters. The van der Waals surface area contributed by atoms with Gasteiger partial charge in [0.2, 0.25) is 5.91 Å². The van der Waals surface area contributed by atoms with Gasteiger partial charge in [-0.05, 0) is 24.3 Å². The molecule has 3 rings (SSSR count). The molecular weight excluding hydrogens is 264 g/mol. The number of hydrogen-bond acceptors (Lipinski definition) is 2. The molecule has 2 N–H and O–H groups in total. The third-order valence-corrected chi connectivity index (χ3v) is 4.33. The van der Waals surface area contributed by atoms with Crippen molar-refractivity contribution in [2.45, 2.75) is 51.3 Å². The van der Waals surface area contributed by atoms with Crippen molar-refractivity contribution in [1.82, 2.24) is 9.88 Å². The fraction of sp³-hybridized carbons (Fsp3) is 0.471. The van der Waals surface area contributed by atoms with Gasteiger partial charge in [-0.3, -0.25) is 4.79 Å². The highest BCUT2D eigenvalue weighted by Gasteiger charge is 2.16. The Morgan fingerprint density at radius 2 is 2.05 bits per heavy atom. The maximum atomic E-state index is 12.2. The lowest BCUT2D eigenvalue weighted by atomic mass is 9.95. The second-order valence-electron chi connectivity index (χ2n) is 5.86. The van der Waals surface area contributed by atoms with Crippen LogP contribution >= 0.6 is 0 Å². The normalized spacial score (nSPS) is 16.2. The number of rotatable bonds is 4. The predicted octanol–water partition coefficient (Wildman–Crippen LogP) is 2.58. The molecule has 0 radical (unpaired) electrons. The van der Waals surface area contributed by atoms with Crippen LogP contribution in [0, 0.1) is 0 Å². The minimum absolute atomic E-state index is 0.00834. The Labute approximate surface area is 124 Å². The lowest BCUT2D eigenvalue weighted by Gasteiger charge is -2.23. The average Bonchev–Trinajstić information content (AvgIpc) is 2.91. The molecule has 21 heavy (non-hydrogen) atoms. The van der Waals surface area contributed by atoms with Crippen LogP contribution in [-0.2, 0) is 17.9 Å². The predicted molar refractivity (Wildman–Crippen MR) is 82.9 cm³/mol. The molecule has 0 bridgehead atoms. The average molecular weight is 286 g/mol. The Morgan fingerprint density at radius 3 is 2.81 bits per heavy atom. The molecule has 1 aromatic heterocycles. The summed E-state index contributed by atoms with van der Waals surface area (Å²) in [5, 5.41) is 13.7. The van der Waals surface area contributed by atoms with Crippen LogP contribution < -0.4 is 5.32 Å². The molecule has 0 saturated heterocycles. The Kier molecular flexibility index (Phi) is 4.25. The maximum absolute atomic E-state index is 12.2. The van der Waals surface area contributed by atoms with Crippen LogP contribution in [0.5, 0.6) is 0 Å². The van der Waals surface area contributed by atoms with Gasteiger partial charge in [-0.1, -0.05) is 37.5 Å². The van der Waals surface area contributed by atoms with E-state index in [2.05, 4.69) is 5.32 Å². The third kappa shape index (κ3) is 3.10. The number of aliphatic hydroxyl groups excluding tert-OH is 1. The second-order valence-corrected chi connectivity index (χ2v) is 5.86. The van der Waals surface area contributed by atoms with Crippen molar-refractivity contribution in [2.24, 2.45) is 0 Å². The summed E-state index contributed by atoms with van der Waals surface area (Å²) in [5.74, 6) is 0.0622. The lowest BCUT2D eigenvalue weighted by molar-refractivity contribution is -0.122. The van der Waals surface area contributed by atoms with Gasteiger partial charge in [0.15, 0.2) is 0 Å². The van der Waals surface area contributed by atoms with Crippen molar-refractivity contribution in [3.8, 4) is 0 Å². The van der Waals surface area contributed by atoms with E-state index in [9.17, 15) is 9.90 Å². The van der Waals surface area contributed by atoms with Gasteiger partial charge in [0.25, 0.3) is 0 Å². The fourth-order valence-electron chi connectivity index (χ4n) is 3.28. The number of aliphatic hydroxyl groups is 1. The molecule has 0 spiro atoms. The van der Waals surface area contributed by atoms with Crippen molar-refractivity contribution in [2.75, 3.05) is 0 Å². The summed E-state index contributed by atoms with van der Waals surface area (Å²) in [4.78, 5) is 12.2. The van der Waals surface area contributed by atoms with Crippen LogP contribution in [0.15, 0.2) is 30.5 Å². The van der Waals surface area contributed by atoms with Gasteiger partial charge in [0.1, 0.15) is 6.54 Å². The number of carbonyl (C=O) groups excluding carboxylic acids is 1. The quantitative estimate of drug-likeness (QED) is 0.907. The van der Waals surface area contributed by atoms with E-state index in [0.29, 0.717) is 12.6 Å². The van der Waals surface area contributed by atoms with Gasteiger partial charge in [-0.15, -0.1) is 0 Å². The summed E-state index contributed by atoms with van der Waals surface area (Å²) in [6.07, 6.45) is 7.83. The molecule has 0 aliphatic heterocycles. The topological polar surface area (TPSA) is 54.3 Å². The summed E-state index contributed by atoms with van der Waals surface area (Å²) >= 11 is 0. The number of amides is 1. The van der Waals surface area contributed by atoms with Crippen molar-refractivity contribution in [3.05, 3.63) is 36.0 Å². The van der Waals surface area contributed by atoms with Crippen molar-refractivity contribution in [3.63, 3.8) is 0 Å². The number of aromatic nitrogens is 1. The van der Waals surface area contributed by atoms with E-state index in [1.54, 1.807) is 0 Å². The van der Waals surface area contributed by atoms with Gasteiger partial charge in [0.05, 0.1) is 12.1 Å². The molecule has 1 fully saturated rings. The smallest absolute Gasteiger partial charge is 0.240 e. The maximum Gasteiger partial charge on any atom is 0.240 e. The highest BCUT2D eigenvalue weighted by Crippen LogP contribution is 2.21. The summed E-state index contributed by atoms with van der Waals surface area (Å²) in [7, 11) is 0. The van der Waals surface area contributed by atoms with Crippen LogP contribution in [0.25, 0.3) is 10.9 Å². The van der Waals surface area contributed by atoms with Crippen LogP contribution in [-0.4, -0.2) is 21.6 Å². The zero-order valence-corrected chi connectivity index (χ0v) is 12.2. The van der Waals surface area contributed by atoms with Crippen LogP contribution in [0.3, 0.4) is 0 Å². The van der Waals surface area contributed by atoms with Gasteiger partial charge >= 0.3 is 0 Å². The van der Waals surface area contributed by atoms with Crippen LogP contribution in [0.4, 0.5) is 0 Å². The first kappa shape index (κ1) is 14.1. The van der Waals surface area contributed by atoms with Crippen molar-refractivity contribution in [1.29, 1.82) is 0 Å². The van der Waals surface area contributed by atoms with E-state index >= 15 is 0 Å². The summed E-state index contributed by atoms with van der Waals surface area (Å²) in [5.41, 5.74) is 1.82. The number of carbonyl (C=O) groups is 1. The number of nitrogens with zero attached hydrogens (tertiary/aromatic N) is 1. The van der Waals surface area contributed by atoms with Gasteiger partial charge in [-0.2, -0.15) is 0 Å². The molecular formula is C17H22N2O2. The first-order valence-corrected chi connectivity index (χ1v) is 7.75. The van der Waals surface area contributed by atoms with E-state index in [4.69, 9.17) is 0 Å². The number of fused-ring (bicyclic) bond motifs is 1. The molecule has 0 unspecified atom stereocenters. The highest BCUT2D eigenvalue weighted by atomic mass is 16.3. The monoisotopic (exact) mass is 286 g/mol. The van der Waals surface area contributed by atoms with Gasteiger partial charge < -0.3 is 15.0 Å². The molecule has 1 amide bonds. The third-order valence-electron chi connectivity index (χ3n) is 4.33. The van der Waals surface area contributed by atoms with E-state index in [1.165, 1.54) is 19.3 Å². The SMILES string of the molecule is O=C(Cn1ccc2cccc(CO)c21)NC1CCCCC1. The number of benzene rings is 1. The highest BCUT2D eigenvalue weighted by molar-refractivity contribution is 5.85. The molecule has 4 heteroatoms.